The zero-order valence-corrected chi connectivity index (χ0v) is 10.6. The summed E-state index contributed by atoms with van der Waals surface area (Å²) in [6.45, 7) is 6.18. The van der Waals surface area contributed by atoms with Gasteiger partial charge in [-0.15, -0.1) is 0 Å². The molecule has 1 aromatic heterocycles. The van der Waals surface area contributed by atoms with Crippen LogP contribution in [0.5, 0.6) is 0 Å². The Hall–Kier alpha value is -2.55. The molecular weight excluding hydrogens is 234 g/mol. The monoisotopic (exact) mass is 247 g/mol. The molecule has 0 amide bonds. The second kappa shape index (κ2) is 3.48. The summed E-state index contributed by atoms with van der Waals surface area (Å²) >= 11 is 0. The summed E-state index contributed by atoms with van der Waals surface area (Å²) in [7, 11) is 0. The molecule has 0 spiro atoms. The van der Waals surface area contributed by atoms with Gasteiger partial charge in [0, 0.05) is 0 Å². The van der Waals surface area contributed by atoms with E-state index in [9.17, 15) is 0 Å². The maximum Gasteiger partial charge on any atom is 0.161 e. The van der Waals surface area contributed by atoms with E-state index in [1.54, 1.807) is 0 Å². The van der Waals surface area contributed by atoms with Gasteiger partial charge < -0.3 is 5.32 Å². The number of nitrogens with zero attached hydrogens (tertiary/aromatic N) is 2. The van der Waals surface area contributed by atoms with Crippen molar-refractivity contribution in [3.63, 3.8) is 0 Å². The van der Waals surface area contributed by atoms with Gasteiger partial charge in [-0.3, -0.25) is 4.57 Å². The van der Waals surface area contributed by atoms with Crippen molar-refractivity contribution in [2.24, 2.45) is 0 Å². The molecule has 1 N–H and O–H groups in total. The molecule has 0 aliphatic carbocycles. The molecule has 0 saturated carbocycles. The topological polar surface area (TPSA) is 29.9 Å². The van der Waals surface area contributed by atoms with Crippen LogP contribution in [-0.2, 0) is 0 Å². The number of hydrogen-bond donors (Lipinski definition) is 1. The van der Waals surface area contributed by atoms with Gasteiger partial charge in [0.2, 0.25) is 0 Å². The number of hydrogen-bond acceptors (Lipinski definition) is 2. The average molecular weight is 247 g/mol. The third-order valence-electron chi connectivity index (χ3n) is 3.51. The number of benzene rings is 2. The first kappa shape index (κ1) is 10.4. The molecule has 4 rings (SSSR count). The lowest BCUT2D eigenvalue weighted by atomic mass is 10.1. The summed E-state index contributed by atoms with van der Waals surface area (Å²) in [5.41, 5.74) is 6.40. The fourth-order valence-corrected chi connectivity index (χ4v) is 2.62. The van der Waals surface area contributed by atoms with Gasteiger partial charge in [-0.2, -0.15) is 0 Å². The van der Waals surface area contributed by atoms with Crippen molar-refractivity contribution >= 4 is 22.4 Å². The van der Waals surface area contributed by atoms with Crippen LogP contribution in [0.15, 0.2) is 49.0 Å². The number of anilines is 1. The zero-order valence-electron chi connectivity index (χ0n) is 10.6. The predicted molar refractivity (Wildman–Crippen MR) is 78.5 cm³/mol. The Morgan fingerprint density at radius 1 is 1.16 bits per heavy atom. The Morgan fingerprint density at radius 3 is 2.89 bits per heavy atom. The highest BCUT2D eigenvalue weighted by Crippen LogP contribution is 2.35. The number of aryl methyl sites for hydroxylation is 1. The maximum absolute atomic E-state index is 4.66. The van der Waals surface area contributed by atoms with Gasteiger partial charge in [-0.25, -0.2) is 4.98 Å². The van der Waals surface area contributed by atoms with E-state index in [4.69, 9.17) is 0 Å². The Labute approximate surface area is 111 Å². The minimum Gasteiger partial charge on any atom is -0.351 e. The quantitative estimate of drug-likeness (QED) is 0.656. The van der Waals surface area contributed by atoms with Crippen LogP contribution >= 0.6 is 0 Å². The second-order valence-corrected chi connectivity index (χ2v) is 4.88. The SMILES string of the molecule is C=C1Nc2ccc(C)cc2-n2c1nc1ccccc12. The maximum atomic E-state index is 4.66. The number of imidazole rings is 1. The molecule has 0 fully saturated rings. The Bertz CT molecular complexity index is 827. The number of fused-ring (bicyclic) bond motifs is 5. The third kappa shape index (κ3) is 1.35. The highest BCUT2D eigenvalue weighted by Gasteiger charge is 2.22. The molecule has 3 nitrogen and oxygen atoms in total. The van der Waals surface area contributed by atoms with E-state index in [1.165, 1.54) is 5.56 Å². The molecule has 2 aromatic carbocycles. The van der Waals surface area contributed by atoms with Gasteiger partial charge in [0.25, 0.3) is 0 Å². The summed E-state index contributed by atoms with van der Waals surface area (Å²) in [5.74, 6) is 0.888. The van der Waals surface area contributed by atoms with Crippen molar-refractivity contribution in [1.29, 1.82) is 0 Å². The summed E-state index contributed by atoms with van der Waals surface area (Å²) in [5, 5.41) is 3.33. The molecule has 0 atom stereocenters. The van der Waals surface area contributed by atoms with Crippen LogP contribution in [0.3, 0.4) is 0 Å². The molecule has 0 radical (unpaired) electrons. The van der Waals surface area contributed by atoms with E-state index < -0.39 is 0 Å². The molecule has 92 valence electrons. The van der Waals surface area contributed by atoms with Gasteiger partial charge >= 0.3 is 0 Å². The van der Waals surface area contributed by atoms with Crippen LogP contribution in [-0.4, -0.2) is 9.55 Å². The molecule has 3 aromatic rings. The van der Waals surface area contributed by atoms with E-state index in [1.807, 2.05) is 18.2 Å². The van der Waals surface area contributed by atoms with Crippen LogP contribution in [0.1, 0.15) is 11.4 Å². The first-order chi connectivity index (χ1) is 9.24. The number of nitrogens with one attached hydrogen (secondary N) is 1. The van der Waals surface area contributed by atoms with Crippen molar-refractivity contribution in [3.8, 4) is 5.69 Å². The summed E-state index contributed by atoms with van der Waals surface area (Å²) < 4.78 is 2.18. The van der Waals surface area contributed by atoms with Crippen LogP contribution < -0.4 is 5.32 Å². The standard InChI is InChI=1S/C16H13N3/c1-10-7-8-13-15(9-10)19-14-6-4-3-5-12(14)18-16(19)11(2)17-13/h3-9,17H,2H2,1H3. The number of para-hydroxylation sites is 2. The van der Waals surface area contributed by atoms with Gasteiger partial charge in [-0.1, -0.05) is 24.8 Å². The molecule has 1 aliphatic heterocycles. The van der Waals surface area contributed by atoms with Crippen molar-refractivity contribution in [2.75, 3.05) is 5.32 Å². The Kier molecular flexibility index (Phi) is 1.90. The average Bonchev–Trinajstić information content (AvgIpc) is 2.80. The fourth-order valence-electron chi connectivity index (χ4n) is 2.62. The Morgan fingerprint density at radius 2 is 2.00 bits per heavy atom. The second-order valence-electron chi connectivity index (χ2n) is 4.88. The van der Waals surface area contributed by atoms with E-state index >= 15 is 0 Å². The number of rotatable bonds is 0. The molecule has 2 heterocycles. The van der Waals surface area contributed by atoms with Gasteiger partial charge in [0.1, 0.15) is 0 Å². The molecule has 1 aliphatic rings. The molecular formula is C16H13N3. The van der Waals surface area contributed by atoms with E-state index in [-0.39, 0.29) is 0 Å². The first-order valence-electron chi connectivity index (χ1n) is 6.29. The first-order valence-corrected chi connectivity index (χ1v) is 6.29. The molecule has 0 unspecified atom stereocenters. The van der Waals surface area contributed by atoms with Crippen molar-refractivity contribution in [3.05, 3.63) is 60.4 Å². The van der Waals surface area contributed by atoms with Gasteiger partial charge in [0.15, 0.2) is 5.82 Å². The largest absolute Gasteiger partial charge is 0.351 e. The highest BCUT2D eigenvalue weighted by molar-refractivity contribution is 5.90. The van der Waals surface area contributed by atoms with E-state index in [2.05, 4.69) is 52.6 Å². The van der Waals surface area contributed by atoms with E-state index in [0.717, 1.165) is 33.9 Å². The van der Waals surface area contributed by atoms with Crippen LogP contribution in [0, 0.1) is 6.92 Å². The van der Waals surface area contributed by atoms with Crippen LogP contribution in [0.4, 0.5) is 5.69 Å². The number of aromatic nitrogens is 2. The summed E-state index contributed by atoms with van der Waals surface area (Å²) in [6.07, 6.45) is 0. The highest BCUT2D eigenvalue weighted by atomic mass is 15.2. The molecule has 3 heteroatoms. The van der Waals surface area contributed by atoms with Crippen molar-refractivity contribution < 1.29 is 0 Å². The lowest BCUT2D eigenvalue weighted by Gasteiger charge is -2.22. The smallest absolute Gasteiger partial charge is 0.161 e. The van der Waals surface area contributed by atoms with Gasteiger partial charge in [-0.05, 0) is 36.8 Å². The molecule has 0 saturated heterocycles. The van der Waals surface area contributed by atoms with Gasteiger partial charge in [0.05, 0.1) is 28.1 Å². The molecule has 19 heavy (non-hydrogen) atoms. The summed E-state index contributed by atoms with van der Waals surface area (Å²) in [6, 6.07) is 14.5. The minimum atomic E-state index is 0.840. The van der Waals surface area contributed by atoms with Crippen LogP contribution in [0.25, 0.3) is 22.4 Å². The van der Waals surface area contributed by atoms with Crippen molar-refractivity contribution in [2.45, 2.75) is 6.92 Å². The van der Waals surface area contributed by atoms with E-state index in [0.29, 0.717) is 0 Å². The normalized spacial score (nSPS) is 13.0. The minimum absolute atomic E-state index is 0.840. The third-order valence-corrected chi connectivity index (χ3v) is 3.51. The lowest BCUT2D eigenvalue weighted by molar-refractivity contribution is 1.03. The summed E-state index contributed by atoms with van der Waals surface area (Å²) in [4.78, 5) is 4.66. The molecule has 0 bridgehead atoms. The Balaban J connectivity index is 2.16. The zero-order chi connectivity index (χ0) is 13.0. The lowest BCUT2D eigenvalue weighted by Crippen LogP contribution is -2.14. The van der Waals surface area contributed by atoms with Crippen molar-refractivity contribution in [1.82, 2.24) is 9.55 Å². The fraction of sp³-hybridized carbons (Fsp3) is 0.0625. The van der Waals surface area contributed by atoms with Crippen LogP contribution in [0.2, 0.25) is 0 Å². The predicted octanol–water partition coefficient (Wildman–Crippen LogP) is 3.73.